The Bertz CT molecular complexity index is 676. The van der Waals surface area contributed by atoms with E-state index in [0.717, 1.165) is 6.54 Å². The first-order valence-corrected chi connectivity index (χ1v) is 11.3. The highest BCUT2D eigenvalue weighted by atomic mass is 32.1. The lowest BCUT2D eigenvalue weighted by Gasteiger charge is -2.45. The van der Waals surface area contributed by atoms with Crippen molar-refractivity contribution in [3.8, 4) is 0 Å². The zero-order valence-corrected chi connectivity index (χ0v) is 17.1. The SMILES string of the molecule is CN(C[C@@H]1CCCN2CCCC[C@H]12)C(=O)C[C@H](c1ccsc1)n1cccc1. The Morgan fingerprint density at radius 1 is 1.22 bits per heavy atom. The molecule has 4 nitrogen and oxygen atoms in total. The number of carbonyl (C=O) groups excluding carboxylic acids is 1. The lowest BCUT2D eigenvalue weighted by molar-refractivity contribution is -0.131. The lowest BCUT2D eigenvalue weighted by Crippen LogP contribution is -2.51. The zero-order chi connectivity index (χ0) is 18.6. The topological polar surface area (TPSA) is 28.5 Å². The maximum atomic E-state index is 13.1. The molecule has 0 N–H and O–H groups in total. The summed E-state index contributed by atoms with van der Waals surface area (Å²) >= 11 is 1.70. The van der Waals surface area contributed by atoms with Gasteiger partial charge in [-0.15, -0.1) is 0 Å². The molecule has 4 rings (SSSR count). The minimum absolute atomic E-state index is 0.0961. The van der Waals surface area contributed by atoms with Crippen LogP contribution >= 0.6 is 11.3 Å². The Morgan fingerprint density at radius 3 is 2.81 bits per heavy atom. The van der Waals surface area contributed by atoms with E-state index in [1.807, 2.05) is 24.1 Å². The number of aromatic nitrogens is 1. The molecule has 3 atom stereocenters. The molecule has 0 unspecified atom stereocenters. The van der Waals surface area contributed by atoms with Gasteiger partial charge in [0, 0.05) is 32.0 Å². The van der Waals surface area contributed by atoms with Gasteiger partial charge in [-0.3, -0.25) is 4.79 Å². The van der Waals surface area contributed by atoms with Crippen LogP contribution in [-0.4, -0.2) is 53.0 Å². The second-order valence-corrected chi connectivity index (χ2v) is 8.96. The third kappa shape index (κ3) is 4.30. The van der Waals surface area contributed by atoms with Crippen molar-refractivity contribution >= 4 is 17.2 Å². The Hall–Kier alpha value is -1.59. The van der Waals surface area contributed by atoms with Gasteiger partial charge < -0.3 is 14.4 Å². The molecule has 1 amide bonds. The lowest BCUT2D eigenvalue weighted by atomic mass is 9.83. The zero-order valence-electron chi connectivity index (χ0n) is 16.3. The molecular formula is C22H31N3OS. The van der Waals surface area contributed by atoms with Crippen molar-refractivity contribution in [2.75, 3.05) is 26.7 Å². The minimum atomic E-state index is 0.0961. The van der Waals surface area contributed by atoms with Crippen LogP contribution in [0.15, 0.2) is 41.4 Å². The van der Waals surface area contributed by atoms with Gasteiger partial charge >= 0.3 is 0 Å². The van der Waals surface area contributed by atoms with Crippen molar-refractivity contribution in [2.24, 2.45) is 5.92 Å². The number of nitrogens with zero attached hydrogens (tertiary/aromatic N) is 3. The van der Waals surface area contributed by atoms with Crippen LogP contribution in [0.5, 0.6) is 0 Å². The number of amides is 1. The molecule has 0 radical (unpaired) electrons. The summed E-state index contributed by atoms with van der Waals surface area (Å²) in [6, 6.07) is 7.00. The van der Waals surface area contributed by atoms with E-state index in [0.29, 0.717) is 18.4 Å². The minimum Gasteiger partial charge on any atom is -0.346 e. The van der Waals surface area contributed by atoms with E-state index in [1.165, 1.54) is 50.8 Å². The molecule has 27 heavy (non-hydrogen) atoms. The molecular weight excluding hydrogens is 354 g/mol. The second kappa shape index (κ2) is 8.61. The summed E-state index contributed by atoms with van der Waals surface area (Å²) in [4.78, 5) is 17.8. The van der Waals surface area contributed by atoms with Gasteiger partial charge in [0.05, 0.1) is 12.5 Å². The van der Waals surface area contributed by atoms with E-state index in [4.69, 9.17) is 0 Å². The molecule has 5 heteroatoms. The van der Waals surface area contributed by atoms with Crippen LogP contribution in [0.3, 0.4) is 0 Å². The maximum Gasteiger partial charge on any atom is 0.224 e. The van der Waals surface area contributed by atoms with E-state index in [9.17, 15) is 4.79 Å². The van der Waals surface area contributed by atoms with Gasteiger partial charge in [0.2, 0.25) is 5.91 Å². The van der Waals surface area contributed by atoms with Gasteiger partial charge in [-0.2, -0.15) is 11.3 Å². The van der Waals surface area contributed by atoms with E-state index < -0.39 is 0 Å². The molecule has 2 fully saturated rings. The van der Waals surface area contributed by atoms with Crippen LogP contribution in [0.1, 0.15) is 50.1 Å². The summed E-state index contributed by atoms with van der Waals surface area (Å²) in [5.74, 6) is 0.895. The normalized spacial score (nSPS) is 24.3. The maximum absolute atomic E-state index is 13.1. The van der Waals surface area contributed by atoms with Crippen molar-refractivity contribution in [2.45, 2.75) is 50.6 Å². The van der Waals surface area contributed by atoms with Crippen molar-refractivity contribution in [1.29, 1.82) is 0 Å². The number of piperidine rings is 2. The van der Waals surface area contributed by atoms with Crippen LogP contribution in [0.4, 0.5) is 0 Å². The fourth-order valence-electron chi connectivity index (χ4n) is 4.98. The molecule has 0 bridgehead atoms. The highest BCUT2D eigenvalue weighted by Crippen LogP contribution is 2.32. The quantitative estimate of drug-likeness (QED) is 0.744. The highest BCUT2D eigenvalue weighted by Gasteiger charge is 2.34. The first-order chi connectivity index (χ1) is 13.2. The molecule has 146 valence electrons. The van der Waals surface area contributed by atoms with Crippen molar-refractivity contribution in [3.05, 3.63) is 46.9 Å². The Labute approximate surface area is 166 Å². The molecule has 2 saturated heterocycles. The van der Waals surface area contributed by atoms with Gasteiger partial charge in [-0.1, -0.05) is 6.42 Å². The van der Waals surface area contributed by atoms with Gasteiger partial charge in [0.25, 0.3) is 0 Å². The summed E-state index contributed by atoms with van der Waals surface area (Å²) in [6.07, 6.45) is 11.2. The Balaban J connectivity index is 1.41. The van der Waals surface area contributed by atoms with E-state index >= 15 is 0 Å². The van der Waals surface area contributed by atoms with Gasteiger partial charge in [0.15, 0.2) is 0 Å². The Kier molecular flexibility index (Phi) is 5.98. The standard InChI is InChI=1S/C22H31N3OS/c1-23(16-18-7-6-13-24-10-3-2-8-20(18)24)22(26)15-21(19-9-14-27-17-19)25-11-4-5-12-25/h4-5,9,11-12,14,17-18,20-21H,2-3,6-8,10,13,15-16H2,1H3/t18-,20+,21+/m0/s1. The average Bonchev–Trinajstić information content (AvgIpc) is 3.40. The number of fused-ring (bicyclic) bond motifs is 1. The molecule has 0 aromatic carbocycles. The van der Waals surface area contributed by atoms with Crippen LogP contribution in [-0.2, 0) is 4.79 Å². The number of hydrogen-bond acceptors (Lipinski definition) is 3. The summed E-state index contributed by atoms with van der Waals surface area (Å²) in [5.41, 5.74) is 1.23. The largest absolute Gasteiger partial charge is 0.346 e. The summed E-state index contributed by atoms with van der Waals surface area (Å²) in [6.45, 7) is 3.42. The summed E-state index contributed by atoms with van der Waals surface area (Å²) < 4.78 is 2.16. The van der Waals surface area contributed by atoms with Crippen LogP contribution in [0, 0.1) is 5.92 Å². The van der Waals surface area contributed by atoms with Crippen molar-refractivity contribution in [1.82, 2.24) is 14.4 Å². The third-order valence-electron chi connectivity index (χ3n) is 6.45. The van der Waals surface area contributed by atoms with E-state index in [-0.39, 0.29) is 11.9 Å². The third-order valence-corrected chi connectivity index (χ3v) is 7.15. The smallest absolute Gasteiger partial charge is 0.224 e. The highest BCUT2D eigenvalue weighted by molar-refractivity contribution is 7.08. The van der Waals surface area contributed by atoms with Crippen LogP contribution in [0.2, 0.25) is 0 Å². The van der Waals surface area contributed by atoms with Gasteiger partial charge in [-0.25, -0.2) is 0 Å². The number of thiophene rings is 1. The molecule has 0 aliphatic carbocycles. The first-order valence-electron chi connectivity index (χ1n) is 10.3. The van der Waals surface area contributed by atoms with Crippen LogP contribution < -0.4 is 0 Å². The predicted octanol–water partition coefficient (Wildman–Crippen LogP) is 4.25. The van der Waals surface area contributed by atoms with Crippen molar-refractivity contribution < 1.29 is 4.79 Å². The van der Waals surface area contributed by atoms with Gasteiger partial charge in [0.1, 0.15) is 0 Å². The van der Waals surface area contributed by atoms with Crippen LogP contribution in [0.25, 0.3) is 0 Å². The summed E-state index contributed by atoms with van der Waals surface area (Å²) in [5, 5.41) is 4.26. The monoisotopic (exact) mass is 385 g/mol. The molecule has 2 aliphatic rings. The first kappa shape index (κ1) is 18.8. The summed E-state index contributed by atoms with van der Waals surface area (Å²) in [7, 11) is 2.00. The number of carbonyl (C=O) groups is 1. The molecule has 4 heterocycles. The van der Waals surface area contributed by atoms with E-state index in [2.05, 4.69) is 38.7 Å². The fourth-order valence-corrected chi connectivity index (χ4v) is 5.69. The molecule has 2 aromatic rings. The molecule has 0 spiro atoms. The number of hydrogen-bond donors (Lipinski definition) is 0. The molecule has 2 aliphatic heterocycles. The van der Waals surface area contributed by atoms with E-state index in [1.54, 1.807) is 11.3 Å². The second-order valence-electron chi connectivity index (χ2n) is 8.18. The van der Waals surface area contributed by atoms with Gasteiger partial charge in [-0.05, 0) is 79.2 Å². The molecule has 2 aromatic heterocycles. The average molecular weight is 386 g/mol. The predicted molar refractivity (Wildman–Crippen MR) is 111 cm³/mol. The Morgan fingerprint density at radius 2 is 2.04 bits per heavy atom. The fraction of sp³-hybridized carbons (Fsp3) is 0.591. The number of rotatable bonds is 6. The molecule has 0 saturated carbocycles. The van der Waals surface area contributed by atoms with Crippen molar-refractivity contribution in [3.63, 3.8) is 0 Å².